The Hall–Kier alpha value is -1.40. The van der Waals surface area contributed by atoms with Gasteiger partial charge in [-0.05, 0) is 6.92 Å². The quantitative estimate of drug-likeness (QED) is 0.226. The summed E-state index contributed by atoms with van der Waals surface area (Å²) in [6.07, 6.45) is 0. The number of carbonyl (C=O) groups is 1. The zero-order valence-electron chi connectivity index (χ0n) is 13.4. The maximum absolute atomic E-state index is 11.1. The summed E-state index contributed by atoms with van der Waals surface area (Å²) in [4.78, 5) is 14.4. The molecule has 0 spiro atoms. The van der Waals surface area contributed by atoms with Crippen molar-refractivity contribution >= 4 is 64.0 Å². The fraction of sp³-hybridized carbons (Fsp3) is 0.167. The molecule has 0 saturated carbocycles. The van der Waals surface area contributed by atoms with Crippen LogP contribution in [0.3, 0.4) is 0 Å². The van der Waals surface area contributed by atoms with Crippen LogP contribution in [0.4, 0.5) is 5.69 Å². The molecule has 10 nitrogen and oxygen atoms in total. The number of para-hydroxylation sites is 1. The zero-order valence-corrected chi connectivity index (χ0v) is 17.7. The number of anilines is 1. The summed E-state index contributed by atoms with van der Waals surface area (Å²) in [5.74, 6) is -0.880. The molecule has 0 atom stereocenters. The zero-order chi connectivity index (χ0) is 19.4. The Kier molecular flexibility index (Phi) is 9.00. The van der Waals surface area contributed by atoms with Crippen molar-refractivity contribution in [1.29, 1.82) is 0 Å². The maximum atomic E-state index is 11.1. The Morgan fingerprint density at radius 2 is 1.88 bits per heavy atom. The van der Waals surface area contributed by atoms with Crippen molar-refractivity contribution in [2.24, 2.45) is 0 Å². The Morgan fingerprint density at radius 3 is 2.23 bits per heavy atom. The van der Waals surface area contributed by atoms with Gasteiger partial charge in [-0.2, -0.15) is 8.42 Å². The van der Waals surface area contributed by atoms with E-state index in [4.69, 9.17) is 12.7 Å². The number of aromatic hydroxyl groups is 1. The van der Waals surface area contributed by atoms with Gasteiger partial charge in [0.1, 0.15) is 0 Å². The van der Waals surface area contributed by atoms with E-state index in [0.29, 0.717) is 5.69 Å². The second-order valence-corrected chi connectivity index (χ2v) is 10.4. The third kappa shape index (κ3) is 7.08. The largest absolute Gasteiger partial charge is 0.305 e. The number of benzene rings is 1. The molecule has 1 heterocycles. The molecule has 0 aliphatic rings. The molecule has 0 aliphatic heterocycles. The molecule has 0 fully saturated rings. The number of hydrogen-bond acceptors (Lipinski definition) is 7. The fourth-order valence-corrected chi connectivity index (χ4v) is 4.74. The third-order valence-corrected chi connectivity index (χ3v) is 7.07. The predicted octanol–water partition coefficient (Wildman–Crippen LogP) is 0.0316. The van der Waals surface area contributed by atoms with E-state index >= 15 is 0 Å². The first-order chi connectivity index (χ1) is 11.3. The summed E-state index contributed by atoms with van der Waals surface area (Å²) >= 11 is -4.23. The summed E-state index contributed by atoms with van der Waals surface area (Å²) in [6, 6.07) is 3.71. The SMILES string of the molecule is CC(=O)Nc1c(O)cccc1[As](=O)(O)O.Cc1ncsc1S(=O)(=O)O.Cl. The maximum Gasteiger partial charge on any atom is 0.305 e. The number of aromatic nitrogens is 1. The van der Waals surface area contributed by atoms with E-state index in [1.165, 1.54) is 37.6 Å². The van der Waals surface area contributed by atoms with Gasteiger partial charge >= 0.3 is 98.3 Å². The number of halogens is 1. The average molecular weight is 491 g/mol. The van der Waals surface area contributed by atoms with Crippen LogP contribution in [0.5, 0.6) is 5.75 Å². The topological polar surface area (TPSA) is 174 Å². The molecule has 26 heavy (non-hydrogen) atoms. The fourth-order valence-electron chi connectivity index (χ4n) is 1.61. The molecule has 0 radical (unpaired) electrons. The van der Waals surface area contributed by atoms with Crippen LogP contribution in [0.15, 0.2) is 27.9 Å². The van der Waals surface area contributed by atoms with E-state index in [-0.39, 0.29) is 32.4 Å². The molecular formula is C12H16AsClN2O8S2. The van der Waals surface area contributed by atoms with Crippen LogP contribution in [-0.2, 0) is 18.7 Å². The first-order valence-electron chi connectivity index (χ1n) is 6.37. The van der Waals surface area contributed by atoms with Crippen LogP contribution < -0.4 is 9.67 Å². The second kappa shape index (κ2) is 9.51. The molecule has 14 heteroatoms. The summed E-state index contributed by atoms with van der Waals surface area (Å²) in [5, 5.41) is 11.5. The number of hydrogen-bond donors (Lipinski definition) is 5. The van der Waals surface area contributed by atoms with Crippen LogP contribution in [0.1, 0.15) is 12.6 Å². The van der Waals surface area contributed by atoms with E-state index in [9.17, 15) is 22.1 Å². The van der Waals surface area contributed by atoms with Crippen molar-refractivity contribution in [1.82, 2.24) is 4.98 Å². The Labute approximate surface area is 162 Å². The van der Waals surface area contributed by atoms with Gasteiger partial charge in [0.05, 0.1) is 11.2 Å². The molecule has 1 aromatic heterocycles. The van der Waals surface area contributed by atoms with Crippen LogP contribution in [0.25, 0.3) is 0 Å². The minimum Gasteiger partial charge on any atom is -0.281 e. The molecule has 1 aromatic carbocycles. The Morgan fingerprint density at radius 1 is 1.31 bits per heavy atom. The van der Waals surface area contributed by atoms with E-state index in [1.54, 1.807) is 0 Å². The van der Waals surface area contributed by atoms with Crippen LogP contribution in [0, 0.1) is 6.92 Å². The van der Waals surface area contributed by atoms with Gasteiger partial charge in [-0.25, -0.2) is 4.98 Å². The number of thiazole rings is 1. The molecule has 0 saturated heterocycles. The number of nitrogens with one attached hydrogen (secondary N) is 1. The van der Waals surface area contributed by atoms with Crippen molar-refractivity contribution < 1.29 is 34.8 Å². The van der Waals surface area contributed by atoms with Gasteiger partial charge < -0.3 is 0 Å². The Balaban J connectivity index is 0.000000497. The number of amides is 1. The normalized spacial score (nSPS) is 11.0. The average Bonchev–Trinajstić information content (AvgIpc) is 2.86. The van der Waals surface area contributed by atoms with Gasteiger partial charge in [-0.3, -0.25) is 4.55 Å². The van der Waals surface area contributed by atoms with Gasteiger partial charge in [-0.15, -0.1) is 23.7 Å². The number of carbonyl (C=O) groups excluding carboxylic acids is 1. The van der Waals surface area contributed by atoms with Crippen LogP contribution in [0.2, 0.25) is 0 Å². The predicted molar refractivity (Wildman–Crippen MR) is 96.8 cm³/mol. The van der Waals surface area contributed by atoms with Crippen molar-refractivity contribution in [3.8, 4) is 5.75 Å². The molecule has 0 bridgehead atoms. The molecule has 2 aromatic rings. The number of phenols is 1. The minimum atomic E-state index is -5.14. The van der Waals surface area contributed by atoms with Crippen molar-refractivity contribution in [2.75, 3.05) is 5.32 Å². The molecular weight excluding hydrogens is 475 g/mol. The van der Waals surface area contributed by atoms with E-state index in [0.717, 1.165) is 11.3 Å². The standard InChI is InChI=1S/C8H10AsNO5.C4H5NO3S2.ClH/c1-5(11)10-8-6(9(13,14)15)3-2-4-7(8)12;1-3-4(9-2-5-3)10(6,7)8;/h2-4,12H,1H3,(H,10,11)(H2,13,14,15);2H,1H3,(H,6,7,8);1H. The summed E-state index contributed by atoms with van der Waals surface area (Å²) in [5.41, 5.74) is 1.49. The van der Waals surface area contributed by atoms with Crippen molar-refractivity contribution in [3.63, 3.8) is 0 Å². The summed E-state index contributed by atoms with van der Waals surface area (Å²) < 4.78 is 58.1. The van der Waals surface area contributed by atoms with Gasteiger partial charge in [0.25, 0.3) is 0 Å². The minimum absolute atomic E-state index is 0. The van der Waals surface area contributed by atoms with E-state index in [1.807, 2.05) is 0 Å². The number of phenolic OH excluding ortho intramolecular Hbond substituents is 1. The molecule has 0 unspecified atom stereocenters. The molecule has 1 amide bonds. The van der Waals surface area contributed by atoms with Crippen LogP contribution >= 0.6 is 23.7 Å². The molecule has 0 aliphatic carbocycles. The van der Waals surface area contributed by atoms with Gasteiger partial charge in [0, 0.05) is 0 Å². The number of rotatable bonds is 3. The molecule has 146 valence electrons. The number of nitrogens with zero attached hydrogens (tertiary/aromatic N) is 1. The van der Waals surface area contributed by atoms with Crippen molar-refractivity contribution in [3.05, 3.63) is 29.4 Å². The van der Waals surface area contributed by atoms with E-state index in [2.05, 4.69) is 10.3 Å². The number of aryl methyl sites for hydroxylation is 1. The molecule has 2 rings (SSSR count). The molecule has 5 N–H and O–H groups in total. The van der Waals surface area contributed by atoms with Crippen molar-refractivity contribution in [2.45, 2.75) is 18.1 Å². The monoisotopic (exact) mass is 490 g/mol. The first-order valence-corrected chi connectivity index (χ1v) is 12.1. The van der Waals surface area contributed by atoms with Gasteiger partial charge in [-0.1, -0.05) is 0 Å². The summed E-state index contributed by atoms with van der Waals surface area (Å²) in [7, 11) is -4.03. The Bertz CT molecular complexity index is 925. The second-order valence-electron chi connectivity index (χ2n) is 4.60. The first kappa shape index (κ1) is 24.6. The van der Waals surface area contributed by atoms with Gasteiger partial charge in [0.15, 0.2) is 4.21 Å². The van der Waals surface area contributed by atoms with Crippen LogP contribution in [-0.4, -0.2) is 51.3 Å². The third-order valence-electron chi connectivity index (χ3n) is 2.57. The van der Waals surface area contributed by atoms with E-state index < -0.39 is 30.2 Å². The van der Waals surface area contributed by atoms with Gasteiger partial charge in [0.2, 0.25) is 0 Å². The smallest absolute Gasteiger partial charge is 0.281 e. The summed E-state index contributed by atoms with van der Waals surface area (Å²) in [6.45, 7) is 2.71.